The van der Waals surface area contributed by atoms with Crippen LogP contribution < -0.4 is 5.32 Å². The van der Waals surface area contributed by atoms with Gasteiger partial charge in [0, 0.05) is 22.7 Å². The summed E-state index contributed by atoms with van der Waals surface area (Å²) in [5, 5.41) is 6.19. The molecule has 26 heavy (non-hydrogen) atoms. The lowest BCUT2D eigenvalue weighted by atomic mass is 10.1. The molecule has 1 N–H and O–H groups in total. The van der Waals surface area contributed by atoms with Crippen LogP contribution in [0.15, 0.2) is 41.8 Å². The summed E-state index contributed by atoms with van der Waals surface area (Å²) in [7, 11) is 0. The van der Waals surface area contributed by atoms with Crippen molar-refractivity contribution in [2.45, 2.75) is 25.7 Å². The highest BCUT2D eigenvalue weighted by Crippen LogP contribution is 2.47. The summed E-state index contributed by atoms with van der Waals surface area (Å²) in [6.45, 7) is 2.65. The fraction of sp³-hybridized carbons (Fsp3) is 0.300. The molecule has 1 aliphatic carbocycles. The van der Waals surface area contributed by atoms with Crippen LogP contribution in [-0.2, 0) is 11.2 Å². The number of nitrogens with zero attached hydrogens (tertiary/aromatic N) is 1. The summed E-state index contributed by atoms with van der Waals surface area (Å²) in [4.78, 5) is 19.2. The number of carbonyl (C=O) groups excluding carboxylic acids is 1. The second-order valence-corrected chi connectivity index (χ2v) is 8.79. The topological polar surface area (TPSA) is 42.0 Å². The smallest absolute Gasteiger partial charge is 0.223 e. The van der Waals surface area contributed by atoms with E-state index in [0.29, 0.717) is 6.54 Å². The SMILES string of the molecule is Cc1nc(-c2ccc(CCNC(=O)C3CC3c3ccc(F)cc3)s2)cs1. The van der Waals surface area contributed by atoms with Crippen molar-refractivity contribution in [3.05, 3.63) is 63.0 Å². The Hall–Kier alpha value is -2.05. The van der Waals surface area contributed by atoms with Gasteiger partial charge >= 0.3 is 0 Å². The second-order valence-electron chi connectivity index (χ2n) is 6.56. The maximum atomic E-state index is 13.0. The van der Waals surface area contributed by atoms with Crippen molar-refractivity contribution in [3.63, 3.8) is 0 Å². The molecule has 1 aromatic carbocycles. The van der Waals surface area contributed by atoms with E-state index in [2.05, 4.69) is 27.8 Å². The van der Waals surface area contributed by atoms with Crippen LogP contribution in [-0.4, -0.2) is 17.4 Å². The summed E-state index contributed by atoms with van der Waals surface area (Å²) < 4.78 is 13.0. The zero-order chi connectivity index (χ0) is 18.1. The lowest BCUT2D eigenvalue weighted by molar-refractivity contribution is -0.122. The van der Waals surface area contributed by atoms with Gasteiger partial charge in [-0.3, -0.25) is 4.79 Å². The van der Waals surface area contributed by atoms with Crippen molar-refractivity contribution in [2.75, 3.05) is 6.54 Å². The number of rotatable bonds is 6. The fourth-order valence-electron chi connectivity index (χ4n) is 3.13. The molecule has 1 fully saturated rings. The monoisotopic (exact) mass is 386 g/mol. The van der Waals surface area contributed by atoms with Crippen LogP contribution in [0.25, 0.3) is 10.6 Å². The van der Waals surface area contributed by atoms with Gasteiger partial charge in [0.1, 0.15) is 5.82 Å². The molecule has 1 amide bonds. The van der Waals surface area contributed by atoms with Crippen molar-refractivity contribution >= 4 is 28.6 Å². The number of halogens is 1. The molecule has 0 spiro atoms. The van der Waals surface area contributed by atoms with Gasteiger partial charge in [-0.15, -0.1) is 22.7 Å². The van der Waals surface area contributed by atoms with Crippen LogP contribution in [0.5, 0.6) is 0 Å². The maximum Gasteiger partial charge on any atom is 0.223 e. The van der Waals surface area contributed by atoms with Gasteiger partial charge in [-0.05, 0) is 55.5 Å². The van der Waals surface area contributed by atoms with Gasteiger partial charge in [-0.25, -0.2) is 9.37 Å². The Morgan fingerprint density at radius 1 is 1.27 bits per heavy atom. The van der Waals surface area contributed by atoms with Gasteiger partial charge in [0.05, 0.1) is 15.6 Å². The van der Waals surface area contributed by atoms with Gasteiger partial charge in [0.15, 0.2) is 0 Å². The number of thiazole rings is 1. The van der Waals surface area contributed by atoms with Crippen molar-refractivity contribution in [1.82, 2.24) is 10.3 Å². The van der Waals surface area contributed by atoms with Crippen LogP contribution in [0, 0.1) is 18.7 Å². The summed E-state index contributed by atoms with van der Waals surface area (Å²) in [5.74, 6) is 0.124. The van der Waals surface area contributed by atoms with E-state index in [1.54, 1.807) is 34.8 Å². The lowest BCUT2D eigenvalue weighted by Gasteiger charge is -2.04. The predicted octanol–water partition coefficient (Wildman–Crippen LogP) is 4.78. The van der Waals surface area contributed by atoms with Gasteiger partial charge in [-0.1, -0.05) is 12.1 Å². The van der Waals surface area contributed by atoms with Crippen molar-refractivity contribution < 1.29 is 9.18 Å². The predicted molar refractivity (Wildman–Crippen MR) is 104 cm³/mol. The first kappa shape index (κ1) is 17.4. The Morgan fingerprint density at radius 3 is 2.81 bits per heavy atom. The van der Waals surface area contributed by atoms with Gasteiger partial charge in [0.25, 0.3) is 0 Å². The molecule has 134 valence electrons. The van der Waals surface area contributed by atoms with Crippen molar-refractivity contribution in [1.29, 1.82) is 0 Å². The maximum absolute atomic E-state index is 13.0. The number of aryl methyl sites for hydroxylation is 1. The second kappa shape index (κ2) is 7.29. The number of amides is 1. The first-order valence-corrected chi connectivity index (χ1v) is 10.3. The highest BCUT2D eigenvalue weighted by atomic mass is 32.1. The van der Waals surface area contributed by atoms with E-state index in [-0.39, 0.29) is 23.6 Å². The van der Waals surface area contributed by atoms with Crippen LogP contribution in [0.1, 0.15) is 27.8 Å². The molecule has 2 heterocycles. The quantitative estimate of drug-likeness (QED) is 0.662. The van der Waals surface area contributed by atoms with Gasteiger partial charge in [-0.2, -0.15) is 0 Å². The number of hydrogen-bond donors (Lipinski definition) is 1. The number of aromatic nitrogens is 1. The van der Waals surface area contributed by atoms with Crippen LogP contribution >= 0.6 is 22.7 Å². The average Bonchev–Trinajstić information content (AvgIpc) is 3.08. The van der Waals surface area contributed by atoms with Crippen LogP contribution in [0.2, 0.25) is 0 Å². The van der Waals surface area contributed by atoms with E-state index in [0.717, 1.165) is 29.1 Å². The summed E-state index contributed by atoms with van der Waals surface area (Å²) in [5.41, 5.74) is 2.08. The summed E-state index contributed by atoms with van der Waals surface area (Å²) in [6, 6.07) is 10.7. The van der Waals surface area contributed by atoms with Gasteiger partial charge in [0.2, 0.25) is 5.91 Å². The number of hydrogen-bond acceptors (Lipinski definition) is 4. The Kier molecular flexibility index (Phi) is 4.87. The molecular weight excluding hydrogens is 367 g/mol. The number of nitrogens with one attached hydrogen (secondary N) is 1. The first-order valence-electron chi connectivity index (χ1n) is 8.64. The molecule has 2 unspecified atom stereocenters. The molecule has 1 aliphatic rings. The van der Waals surface area contributed by atoms with E-state index in [1.165, 1.54) is 21.9 Å². The Bertz CT molecular complexity index is 916. The highest BCUT2D eigenvalue weighted by Gasteiger charge is 2.43. The molecule has 2 atom stereocenters. The van der Waals surface area contributed by atoms with Crippen LogP contribution in [0.3, 0.4) is 0 Å². The minimum Gasteiger partial charge on any atom is -0.355 e. The van der Waals surface area contributed by atoms with E-state index < -0.39 is 0 Å². The Morgan fingerprint density at radius 2 is 2.08 bits per heavy atom. The minimum atomic E-state index is -0.237. The minimum absolute atomic E-state index is 0.0253. The van der Waals surface area contributed by atoms with Crippen LogP contribution in [0.4, 0.5) is 4.39 Å². The van der Waals surface area contributed by atoms with E-state index in [1.807, 2.05) is 6.92 Å². The lowest BCUT2D eigenvalue weighted by Crippen LogP contribution is -2.27. The zero-order valence-corrected chi connectivity index (χ0v) is 16.0. The molecule has 0 radical (unpaired) electrons. The average molecular weight is 387 g/mol. The fourth-order valence-corrected chi connectivity index (χ4v) is 4.79. The van der Waals surface area contributed by atoms with E-state index >= 15 is 0 Å². The Labute approximate surface area is 159 Å². The third-order valence-electron chi connectivity index (χ3n) is 4.63. The molecule has 3 nitrogen and oxygen atoms in total. The molecule has 0 saturated heterocycles. The van der Waals surface area contributed by atoms with Gasteiger partial charge < -0.3 is 5.32 Å². The molecule has 6 heteroatoms. The molecule has 2 aromatic heterocycles. The first-order chi connectivity index (χ1) is 12.6. The summed E-state index contributed by atoms with van der Waals surface area (Å²) in [6.07, 6.45) is 1.68. The molecule has 1 saturated carbocycles. The zero-order valence-electron chi connectivity index (χ0n) is 14.4. The van der Waals surface area contributed by atoms with E-state index in [9.17, 15) is 9.18 Å². The third kappa shape index (κ3) is 3.86. The number of benzene rings is 1. The molecule has 0 aliphatic heterocycles. The Balaban J connectivity index is 1.26. The van der Waals surface area contributed by atoms with E-state index in [4.69, 9.17) is 0 Å². The molecule has 3 aromatic rings. The third-order valence-corrected chi connectivity index (χ3v) is 6.57. The standard InChI is InChI=1S/C20H19FN2OS2/c1-12-23-18(11-25-12)19-7-6-15(26-19)8-9-22-20(24)17-10-16(17)13-2-4-14(21)5-3-13/h2-7,11,16-17H,8-10H2,1H3,(H,22,24). The van der Waals surface area contributed by atoms with Crippen molar-refractivity contribution in [3.8, 4) is 10.6 Å². The van der Waals surface area contributed by atoms with Crippen molar-refractivity contribution in [2.24, 2.45) is 5.92 Å². The highest BCUT2D eigenvalue weighted by molar-refractivity contribution is 7.16. The number of thiophene rings is 1. The largest absolute Gasteiger partial charge is 0.355 e. The molecular formula is C20H19FN2OS2. The summed E-state index contributed by atoms with van der Waals surface area (Å²) >= 11 is 3.39. The normalized spacial score (nSPS) is 18.7. The molecule has 4 rings (SSSR count). The molecule has 0 bridgehead atoms. The number of carbonyl (C=O) groups is 1.